The molecule has 1 aromatic heterocycles. The van der Waals surface area contributed by atoms with Crippen LogP contribution in [0.2, 0.25) is 0 Å². The van der Waals surface area contributed by atoms with E-state index in [0.717, 1.165) is 15.6 Å². The number of ether oxygens (including phenoxy) is 1. The maximum atomic E-state index is 14.1. The van der Waals surface area contributed by atoms with Gasteiger partial charge in [-0.15, -0.1) is 11.3 Å². The fourth-order valence-electron chi connectivity index (χ4n) is 3.99. The summed E-state index contributed by atoms with van der Waals surface area (Å²) in [7, 11) is 0. The fourth-order valence-corrected chi connectivity index (χ4v) is 5.21. The van der Waals surface area contributed by atoms with E-state index in [4.69, 9.17) is 4.74 Å². The number of amides is 2. The highest BCUT2D eigenvalue weighted by Gasteiger charge is 2.51. The second kappa shape index (κ2) is 6.25. The molecule has 3 heterocycles. The van der Waals surface area contributed by atoms with Gasteiger partial charge in [0.1, 0.15) is 23.8 Å². The van der Waals surface area contributed by atoms with Crippen LogP contribution in [0.4, 0.5) is 13.6 Å². The zero-order valence-corrected chi connectivity index (χ0v) is 16.2. The molecule has 0 saturated carbocycles. The summed E-state index contributed by atoms with van der Waals surface area (Å²) in [5.41, 5.74) is 0.715. The van der Waals surface area contributed by atoms with Crippen LogP contribution in [-0.4, -0.2) is 42.1 Å². The molecule has 0 bridgehead atoms. The summed E-state index contributed by atoms with van der Waals surface area (Å²) in [6, 6.07) is 8.96. The molecule has 5 nitrogen and oxygen atoms in total. The van der Waals surface area contributed by atoms with E-state index in [0.29, 0.717) is 23.5 Å². The van der Waals surface area contributed by atoms with Gasteiger partial charge < -0.3 is 15.0 Å². The lowest BCUT2D eigenvalue weighted by Crippen LogP contribution is -2.69. The van der Waals surface area contributed by atoms with Gasteiger partial charge in [0.05, 0.1) is 10.4 Å². The van der Waals surface area contributed by atoms with Gasteiger partial charge >= 0.3 is 6.09 Å². The summed E-state index contributed by atoms with van der Waals surface area (Å²) in [6.07, 6.45) is -0.456. The molecule has 1 spiro atoms. The van der Waals surface area contributed by atoms with Crippen LogP contribution in [-0.2, 0) is 4.74 Å². The molecular weight excluding hydrogens is 398 g/mol. The number of aryl methyl sites for hydroxylation is 1. The molecule has 2 saturated heterocycles. The van der Waals surface area contributed by atoms with Crippen LogP contribution < -0.4 is 5.32 Å². The van der Waals surface area contributed by atoms with Gasteiger partial charge in [-0.2, -0.15) is 0 Å². The summed E-state index contributed by atoms with van der Waals surface area (Å²) < 4.78 is 34.0. The van der Waals surface area contributed by atoms with E-state index in [1.165, 1.54) is 29.5 Å². The van der Waals surface area contributed by atoms with Gasteiger partial charge in [0.15, 0.2) is 0 Å². The molecule has 2 fully saturated rings. The largest absolute Gasteiger partial charge is 0.447 e. The Morgan fingerprint density at radius 2 is 1.93 bits per heavy atom. The number of hydrogen-bond donors (Lipinski definition) is 1. The van der Waals surface area contributed by atoms with Crippen molar-refractivity contribution in [1.82, 2.24) is 10.2 Å². The smallest absolute Gasteiger partial charge is 0.407 e. The van der Waals surface area contributed by atoms with Crippen LogP contribution in [0.15, 0.2) is 36.4 Å². The Balaban J connectivity index is 1.46. The number of nitrogens with one attached hydrogen (secondary N) is 1. The Bertz CT molecular complexity index is 1160. The van der Waals surface area contributed by atoms with Crippen molar-refractivity contribution in [3.05, 3.63) is 58.5 Å². The maximum absolute atomic E-state index is 14.1. The molecule has 29 heavy (non-hydrogen) atoms. The number of carbonyl (C=O) groups is 2. The van der Waals surface area contributed by atoms with Gasteiger partial charge in [-0.05, 0) is 41.6 Å². The molecule has 5 rings (SSSR count). The Morgan fingerprint density at radius 1 is 1.21 bits per heavy atom. The third kappa shape index (κ3) is 2.78. The van der Waals surface area contributed by atoms with Crippen molar-refractivity contribution in [3.63, 3.8) is 0 Å². The van der Waals surface area contributed by atoms with Crippen molar-refractivity contribution in [2.24, 2.45) is 0 Å². The highest BCUT2D eigenvalue weighted by molar-refractivity contribution is 7.21. The van der Waals surface area contributed by atoms with Gasteiger partial charge in [-0.3, -0.25) is 4.79 Å². The zero-order valence-electron chi connectivity index (χ0n) is 15.4. The van der Waals surface area contributed by atoms with E-state index < -0.39 is 23.3 Å². The first-order chi connectivity index (χ1) is 13.9. The number of carbonyl (C=O) groups excluding carboxylic acids is 2. The molecule has 8 heteroatoms. The normalized spacial score (nSPS) is 17.3. The van der Waals surface area contributed by atoms with Crippen molar-refractivity contribution in [2.75, 3.05) is 19.7 Å². The molecule has 148 valence electrons. The average molecular weight is 414 g/mol. The summed E-state index contributed by atoms with van der Waals surface area (Å²) in [4.78, 5) is 26.5. The predicted molar refractivity (Wildman–Crippen MR) is 105 cm³/mol. The lowest BCUT2D eigenvalue weighted by atomic mass is 9.91. The van der Waals surface area contributed by atoms with Gasteiger partial charge in [0.2, 0.25) is 0 Å². The Labute approximate surface area is 168 Å². The molecule has 2 aliphatic heterocycles. The molecule has 2 amide bonds. The van der Waals surface area contributed by atoms with Crippen LogP contribution in [0.3, 0.4) is 0 Å². The first-order valence-corrected chi connectivity index (χ1v) is 9.90. The third-order valence-electron chi connectivity index (χ3n) is 5.50. The minimum absolute atomic E-state index is 0.0741. The number of cyclic esters (lactones) is 1. The number of rotatable bonds is 2. The van der Waals surface area contributed by atoms with E-state index in [2.05, 4.69) is 5.32 Å². The average Bonchev–Trinajstić information content (AvgIpc) is 3.20. The molecule has 0 aliphatic carbocycles. The standard InChI is InChI=1S/C21H16F2N2O3S/c1-11-13-6-5-12(17-14(22)3-2-4-15(17)23)7-16(13)29-18(11)19(26)25-8-21(9-25)10-28-20(27)24-21/h2-7H,8-10H2,1H3,(H,24,27). The number of hydrogen-bond acceptors (Lipinski definition) is 4. The molecule has 0 radical (unpaired) electrons. The van der Waals surface area contributed by atoms with Crippen LogP contribution in [0, 0.1) is 18.6 Å². The topological polar surface area (TPSA) is 58.6 Å². The monoisotopic (exact) mass is 414 g/mol. The first-order valence-electron chi connectivity index (χ1n) is 9.09. The minimum atomic E-state index is -0.624. The molecular formula is C21H16F2N2O3S. The summed E-state index contributed by atoms with van der Waals surface area (Å²) >= 11 is 1.31. The number of thiophene rings is 1. The number of nitrogens with zero attached hydrogens (tertiary/aromatic N) is 1. The number of fused-ring (bicyclic) bond motifs is 1. The van der Waals surface area contributed by atoms with E-state index in [-0.39, 0.29) is 18.1 Å². The SMILES string of the molecule is Cc1c(C(=O)N2CC3(COC(=O)N3)C2)sc2cc(-c3c(F)cccc3F)ccc12. The second-order valence-corrected chi connectivity index (χ2v) is 8.56. The van der Waals surface area contributed by atoms with Gasteiger partial charge in [0.25, 0.3) is 5.91 Å². The third-order valence-corrected chi connectivity index (χ3v) is 6.75. The van der Waals surface area contributed by atoms with Crippen LogP contribution in [0.25, 0.3) is 21.2 Å². The van der Waals surface area contributed by atoms with E-state index >= 15 is 0 Å². The van der Waals surface area contributed by atoms with E-state index in [1.807, 2.05) is 6.92 Å². The van der Waals surface area contributed by atoms with Crippen molar-refractivity contribution < 1.29 is 23.1 Å². The zero-order chi connectivity index (χ0) is 20.3. The highest BCUT2D eigenvalue weighted by Crippen LogP contribution is 2.37. The molecule has 2 aliphatic rings. The molecule has 3 aromatic rings. The van der Waals surface area contributed by atoms with Crippen molar-refractivity contribution >= 4 is 33.4 Å². The van der Waals surface area contributed by atoms with Crippen molar-refractivity contribution in [3.8, 4) is 11.1 Å². The van der Waals surface area contributed by atoms with Gasteiger partial charge in [-0.1, -0.05) is 18.2 Å². The summed E-state index contributed by atoms with van der Waals surface area (Å²) in [5, 5.41) is 3.64. The molecule has 0 atom stereocenters. The molecule has 1 N–H and O–H groups in total. The lowest BCUT2D eigenvalue weighted by Gasteiger charge is -2.45. The Kier molecular flexibility index (Phi) is 3.89. The van der Waals surface area contributed by atoms with E-state index in [9.17, 15) is 18.4 Å². The van der Waals surface area contributed by atoms with Gasteiger partial charge in [0, 0.05) is 17.8 Å². The van der Waals surface area contributed by atoms with E-state index in [1.54, 1.807) is 23.1 Å². The van der Waals surface area contributed by atoms with Crippen LogP contribution in [0.1, 0.15) is 15.2 Å². The predicted octanol–water partition coefficient (Wildman–Crippen LogP) is 4.09. The number of alkyl carbamates (subject to hydrolysis) is 1. The fraction of sp³-hybridized carbons (Fsp3) is 0.238. The number of likely N-dealkylation sites (tertiary alicyclic amines) is 1. The molecule has 0 unspecified atom stereocenters. The maximum Gasteiger partial charge on any atom is 0.407 e. The minimum Gasteiger partial charge on any atom is -0.447 e. The highest BCUT2D eigenvalue weighted by atomic mass is 32.1. The summed E-state index contributed by atoms with van der Waals surface area (Å²) in [5.74, 6) is -1.37. The van der Waals surface area contributed by atoms with Crippen molar-refractivity contribution in [1.29, 1.82) is 0 Å². The second-order valence-electron chi connectivity index (χ2n) is 7.51. The van der Waals surface area contributed by atoms with Crippen LogP contribution >= 0.6 is 11.3 Å². The number of benzene rings is 2. The lowest BCUT2D eigenvalue weighted by molar-refractivity contribution is 0.0321. The number of halogens is 2. The van der Waals surface area contributed by atoms with Gasteiger partial charge in [-0.25, -0.2) is 13.6 Å². The van der Waals surface area contributed by atoms with Crippen LogP contribution in [0.5, 0.6) is 0 Å². The summed E-state index contributed by atoms with van der Waals surface area (Å²) in [6.45, 7) is 2.93. The van der Waals surface area contributed by atoms with Crippen molar-refractivity contribution in [2.45, 2.75) is 12.5 Å². The Hall–Kier alpha value is -3.00. The Morgan fingerprint density at radius 3 is 2.59 bits per heavy atom. The quantitative estimate of drug-likeness (QED) is 0.687. The molecule has 2 aromatic carbocycles. The first kappa shape index (κ1) is 18.1.